The van der Waals surface area contributed by atoms with Gasteiger partial charge < -0.3 is 20.7 Å². The second-order valence-corrected chi connectivity index (χ2v) is 4.94. The Morgan fingerprint density at radius 2 is 1.78 bits per heavy atom. The minimum Gasteiger partial charge on any atom is -0.378 e. The second kappa shape index (κ2) is 6.70. The fourth-order valence-electron chi connectivity index (χ4n) is 1.73. The van der Waals surface area contributed by atoms with Crippen molar-refractivity contribution in [2.75, 3.05) is 26.3 Å². The molecule has 0 aromatic heterocycles. The van der Waals surface area contributed by atoms with Gasteiger partial charge in [0.2, 0.25) is 11.8 Å². The number of carbonyl (C=O) groups excluding carboxylic acids is 2. The molecule has 0 aliphatic carbocycles. The standard InChI is InChI=1S/C12H23N3O3/c1-8(2)10(13)11(16)14-9(3)12(17)15-4-6-18-7-5-15/h8-10H,4-7,13H2,1-3H3,(H,14,16). The maximum Gasteiger partial charge on any atom is 0.245 e. The SMILES string of the molecule is CC(NC(=O)C(N)C(C)C)C(=O)N1CCOCC1. The minimum absolute atomic E-state index is 0.0516. The Balaban J connectivity index is 2.46. The van der Waals surface area contributed by atoms with E-state index in [2.05, 4.69) is 5.32 Å². The van der Waals surface area contributed by atoms with Crippen molar-refractivity contribution in [3.63, 3.8) is 0 Å². The van der Waals surface area contributed by atoms with Gasteiger partial charge in [0.05, 0.1) is 19.3 Å². The van der Waals surface area contributed by atoms with E-state index in [9.17, 15) is 9.59 Å². The predicted octanol–water partition coefficient (Wildman–Crippen LogP) is -0.667. The molecule has 0 spiro atoms. The maximum atomic E-state index is 12.0. The van der Waals surface area contributed by atoms with Gasteiger partial charge in [0, 0.05) is 13.1 Å². The highest BCUT2D eigenvalue weighted by atomic mass is 16.5. The summed E-state index contributed by atoms with van der Waals surface area (Å²) in [5.74, 6) is -0.308. The molecule has 1 fully saturated rings. The number of ether oxygens (including phenoxy) is 1. The van der Waals surface area contributed by atoms with E-state index in [0.717, 1.165) is 0 Å². The van der Waals surface area contributed by atoms with Crippen LogP contribution < -0.4 is 11.1 Å². The molecule has 2 unspecified atom stereocenters. The van der Waals surface area contributed by atoms with Crippen LogP contribution >= 0.6 is 0 Å². The number of amides is 2. The summed E-state index contributed by atoms with van der Waals surface area (Å²) in [6.07, 6.45) is 0. The molecule has 104 valence electrons. The Morgan fingerprint density at radius 3 is 2.28 bits per heavy atom. The fraction of sp³-hybridized carbons (Fsp3) is 0.833. The van der Waals surface area contributed by atoms with Crippen LogP contribution in [0.4, 0.5) is 0 Å². The molecule has 2 amide bonds. The lowest BCUT2D eigenvalue weighted by atomic mass is 10.0. The second-order valence-electron chi connectivity index (χ2n) is 4.94. The van der Waals surface area contributed by atoms with Crippen LogP contribution in [0.15, 0.2) is 0 Å². The lowest BCUT2D eigenvalue weighted by Gasteiger charge is -2.30. The summed E-state index contributed by atoms with van der Waals surface area (Å²) in [5.41, 5.74) is 5.73. The van der Waals surface area contributed by atoms with E-state index in [4.69, 9.17) is 10.5 Å². The van der Waals surface area contributed by atoms with Crippen LogP contribution in [0, 0.1) is 5.92 Å². The third kappa shape index (κ3) is 3.96. The van der Waals surface area contributed by atoms with Crippen molar-refractivity contribution >= 4 is 11.8 Å². The molecular formula is C12H23N3O3. The molecule has 6 heteroatoms. The van der Waals surface area contributed by atoms with E-state index in [1.54, 1.807) is 11.8 Å². The van der Waals surface area contributed by atoms with Gasteiger partial charge in [0.15, 0.2) is 0 Å². The van der Waals surface area contributed by atoms with E-state index >= 15 is 0 Å². The van der Waals surface area contributed by atoms with Gasteiger partial charge in [-0.3, -0.25) is 9.59 Å². The summed E-state index contributed by atoms with van der Waals surface area (Å²) < 4.78 is 5.18. The third-order valence-corrected chi connectivity index (χ3v) is 3.07. The van der Waals surface area contributed by atoms with Gasteiger partial charge in [-0.15, -0.1) is 0 Å². The molecule has 0 saturated carbocycles. The zero-order valence-corrected chi connectivity index (χ0v) is 11.3. The van der Waals surface area contributed by atoms with Crippen molar-refractivity contribution in [1.82, 2.24) is 10.2 Å². The van der Waals surface area contributed by atoms with E-state index in [1.807, 2.05) is 13.8 Å². The van der Waals surface area contributed by atoms with Gasteiger partial charge in [-0.25, -0.2) is 0 Å². The first-order chi connectivity index (χ1) is 8.43. The molecule has 0 aromatic rings. The molecule has 1 aliphatic rings. The molecule has 18 heavy (non-hydrogen) atoms. The summed E-state index contributed by atoms with van der Waals surface area (Å²) in [6.45, 7) is 7.69. The van der Waals surface area contributed by atoms with Gasteiger partial charge in [0.25, 0.3) is 0 Å². The van der Waals surface area contributed by atoms with Crippen molar-refractivity contribution in [2.24, 2.45) is 11.7 Å². The summed E-state index contributed by atoms with van der Waals surface area (Å²) >= 11 is 0. The molecule has 6 nitrogen and oxygen atoms in total. The molecule has 1 aliphatic heterocycles. The number of hydrogen-bond acceptors (Lipinski definition) is 4. The molecular weight excluding hydrogens is 234 g/mol. The van der Waals surface area contributed by atoms with Gasteiger partial charge in [0.1, 0.15) is 6.04 Å². The molecule has 3 N–H and O–H groups in total. The average molecular weight is 257 g/mol. The van der Waals surface area contributed by atoms with Gasteiger partial charge in [-0.05, 0) is 12.8 Å². The minimum atomic E-state index is -0.579. The highest BCUT2D eigenvalue weighted by Gasteiger charge is 2.26. The normalized spacial score (nSPS) is 19.5. The summed E-state index contributed by atoms with van der Waals surface area (Å²) in [5, 5.41) is 2.66. The fourth-order valence-corrected chi connectivity index (χ4v) is 1.73. The highest BCUT2D eigenvalue weighted by Crippen LogP contribution is 2.02. The predicted molar refractivity (Wildman–Crippen MR) is 67.8 cm³/mol. The first-order valence-corrected chi connectivity index (χ1v) is 6.36. The van der Waals surface area contributed by atoms with Crippen molar-refractivity contribution in [1.29, 1.82) is 0 Å². The summed E-state index contributed by atoms with van der Waals surface area (Å²) in [7, 11) is 0. The van der Waals surface area contributed by atoms with Crippen molar-refractivity contribution in [3.8, 4) is 0 Å². The number of rotatable bonds is 4. The third-order valence-electron chi connectivity index (χ3n) is 3.07. The monoisotopic (exact) mass is 257 g/mol. The van der Waals surface area contributed by atoms with Crippen LogP contribution in [0.2, 0.25) is 0 Å². The topological polar surface area (TPSA) is 84.7 Å². The van der Waals surface area contributed by atoms with E-state index in [0.29, 0.717) is 26.3 Å². The Hall–Kier alpha value is -1.14. The highest BCUT2D eigenvalue weighted by molar-refractivity contribution is 5.89. The Bertz CT molecular complexity index is 301. The smallest absolute Gasteiger partial charge is 0.245 e. The van der Waals surface area contributed by atoms with Crippen LogP contribution in [0.25, 0.3) is 0 Å². The van der Waals surface area contributed by atoms with Crippen LogP contribution in [0.3, 0.4) is 0 Å². The van der Waals surface area contributed by atoms with E-state index in [1.165, 1.54) is 0 Å². The Kier molecular flexibility index (Phi) is 5.55. The van der Waals surface area contributed by atoms with Crippen LogP contribution in [0.1, 0.15) is 20.8 Å². The van der Waals surface area contributed by atoms with E-state index < -0.39 is 12.1 Å². The summed E-state index contributed by atoms with van der Waals surface area (Å²) in [4.78, 5) is 25.5. The van der Waals surface area contributed by atoms with Gasteiger partial charge in [-0.2, -0.15) is 0 Å². The van der Waals surface area contributed by atoms with Crippen molar-refractivity contribution in [3.05, 3.63) is 0 Å². The van der Waals surface area contributed by atoms with E-state index in [-0.39, 0.29) is 17.7 Å². The average Bonchev–Trinajstić information content (AvgIpc) is 2.37. The molecule has 1 heterocycles. The number of nitrogens with zero attached hydrogens (tertiary/aromatic N) is 1. The number of nitrogens with one attached hydrogen (secondary N) is 1. The van der Waals surface area contributed by atoms with Crippen LogP contribution in [-0.4, -0.2) is 55.1 Å². The maximum absolute atomic E-state index is 12.0. The lowest BCUT2D eigenvalue weighted by Crippen LogP contribution is -2.54. The summed E-state index contributed by atoms with van der Waals surface area (Å²) in [6, 6.07) is -1.12. The zero-order valence-electron chi connectivity index (χ0n) is 11.3. The molecule has 0 aromatic carbocycles. The first kappa shape index (κ1) is 14.9. The zero-order chi connectivity index (χ0) is 13.7. The molecule has 2 atom stereocenters. The molecule has 0 bridgehead atoms. The first-order valence-electron chi connectivity index (χ1n) is 6.36. The van der Waals surface area contributed by atoms with Crippen LogP contribution in [0.5, 0.6) is 0 Å². The largest absolute Gasteiger partial charge is 0.378 e. The molecule has 1 saturated heterocycles. The Morgan fingerprint density at radius 1 is 1.22 bits per heavy atom. The number of morpholine rings is 1. The van der Waals surface area contributed by atoms with Gasteiger partial charge >= 0.3 is 0 Å². The Labute approximate surface area is 108 Å². The quantitative estimate of drug-likeness (QED) is 0.700. The number of carbonyl (C=O) groups is 2. The van der Waals surface area contributed by atoms with Crippen molar-refractivity contribution < 1.29 is 14.3 Å². The van der Waals surface area contributed by atoms with Gasteiger partial charge in [-0.1, -0.05) is 13.8 Å². The molecule has 1 rings (SSSR count). The molecule has 0 radical (unpaired) electrons. The van der Waals surface area contributed by atoms with Crippen molar-refractivity contribution in [2.45, 2.75) is 32.9 Å². The number of hydrogen-bond donors (Lipinski definition) is 2. The number of nitrogens with two attached hydrogens (primary N) is 1. The lowest BCUT2D eigenvalue weighted by molar-refractivity contribution is -0.139. The van der Waals surface area contributed by atoms with Crippen LogP contribution in [-0.2, 0) is 14.3 Å².